The van der Waals surface area contributed by atoms with E-state index in [4.69, 9.17) is 41.6 Å². The number of carbonyl (C=O) groups is 1. The summed E-state index contributed by atoms with van der Waals surface area (Å²) in [6.07, 6.45) is 0.402. The van der Waals surface area contributed by atoms with E-state index < -0.39 is 20.5 Å². The van der Waals surface area contributed by atoms with Crippen molar-refractivity contribution in [3.63, 3.8) is 0 Å². The van der Waals surface area contributed by atoms with Crippen molar-refractivity contribution in [1.29, 1.82) is 0 Å². The number of hydrogen-bond acceptors (Lipinski definition) is 1. The van der Waals surface area contributed by atoms with Gasteiger partial charge in [-0.2, -0.15) is 0 Å². The van der Waals surface area contributed by atoms with Gasteiger partial charge in [-0.3, -0.25) is 0 Å². The van der Waals surface area contributed by atoms with Gasteiger partial charge >= 0.3 is 109 Å². The standard InChI is InChI=1S/C9H8Cl4GeO/c10-9(15)8(14(11,12)13)6-7-4-2-1-3-5-7/h1-5,8H,6H2. The molecule has 15 heavy (non-hydrogen) atoms. The van der Waals surface area contributed by atoms with Crippen LogP contribution in [0.4, 0.5) is 0 Å². The van der Waals surface area contributed by atoms with Gasteiger partial charge in [-0.05, 0) is 0 Å². The van der Waals surface area contributed by atoms with Gasteiger partial charge < -0.3 is 0 Å². The molecule has 0 radical (unpaired) electrons. The zero-order valence-corrected chi connectivity index (χ0v) is 12.7. The zero-order valence-electron chi connectivity index (χ0n) is 7.59. The first-order valence-electron chi connectivity index (χ1n) is 4.21. The second kappa shape index (κ2) is 5.78. The van der Waals surface area contributed by atoms with Gasteiger partial charge in [0.1, 0.15) is 0 Å². The Morgan fingerprint density at radius 3 is 2.13 bits per heavy atom. The van der Waals surface area contributed by atoms with Crippen LogP contribution in [-0.4, -0.2) is 15.7 Å². The first-order valence-corrected chi connectivity index (χ1v) is 14.1. The van der Waals surface area contributed by atoms with E-state index in [1.165, 1.54) is 0 Å². The Kier molecular flexibility index (Phi) is 5.27. The monoisotopic (exact) mass is 346 g/mol. The molecule has 1 aromatic rings. The van der Waals surface area contributed by atoms with E-state index in [9.17, 15) is 4.79 Å². The SMILES string of the molecule is O=C(Cl)[CH](Cc1ccccc1)[Ge]([Cl])([Cl])[Cl]. The van der Waals surface area contributed by atoms with Crippen LogP contribution in [0.5, 0.6) is 0 Å². The van der Waals surface area contributed by atoms with E-state index in [1.807, 2.05) is 30.3 Å². The second-order valence-electron chi connectivity index (χ2n) is 3.09. The minimum absolute atomic E-state index is 0.402. The molecule has 0 aliphatic rings. The van der Waals surface area contributed by atoms with Crippen LogP contribution in [0.3, 0.4) is 0 Å². The van der Waals surface area contributed by atoms with Crippen molar-refractivity contribution in [2.24, 2.45) is 0 Å². The molecule has 1 atom stereocenters. The first-order chi connectivity index (χ1) is 6.91. The van der Waals surface area contributed by atoms with Crippen LogP contribution in [0.2, 0.25) is 4.75 Å². The third kappa shape index (κ3) is 4.53. The van der Waals surface area contributed by atoms with Gasteiger partial charge in [-0.25, -0.2) is 0 Å². The first kappa shape index (κ1) is 13.7. The molecule has 1 nitrogen and oxygen atoms in total. The van der Waals surface area contributed by atoms with Crippen LogP contribution in [0.15, 0.2) is 30.3 Å². The molecule has 0 spiro atoms. The van der Waals surface area contributed by atoms with Crippen LogP contribution >= 0.6 is 41.6 Å². The average molecular weight is 347 g/mol. The Morgan fingerprint density at radius 2 is 1.73 bits per heavy atom. The van der Waals surface area contributed by atoms with Crippen molar-refractivity contribution in [2.45, 2.75) is 11.2 Å². The molecule has 0 aliphatic carbocycles. The van der Waals surface area contributed by atoms with Crippen molar-refractivity contribution in [1.82, 2.24) is 0 Å². The summed E-state index contributed by atoms with van der Waals surface area (Å²) in [4.78, 5) is 11.2. The molecule has 0 amide bonds. The number of carbonyl (C=O) groups excluding carboxylic acids is 1. The van der Waals surface area contributed by atoms with Crippen molar-refractivity contribution in [3.8, 4) is 0 Å². The van der Waals surface area contributed by atoms with E-state index in [-0.39, 0.29) is 0 Å². The average Bonchev–Trinajstić information content (AvgIpc) is 2.13. The van der Waals surface area contributed by atoms with Crippen molar-refractivity contribution in [2.75, 3.05) is 0 Å². The maximum atomic E-state index is 11.2. The van der Waals surface area contributed by atoms with E-state index in [2.05, 4.69) is 0 Å². The minimum atomic E-state index is -3.60. The summed E-state index contributed by atoms with van der Waals surface area (Å²) in [6, 6.07) is 9.39. The quantitative estimate of drug-likeness (QED) is 0.594. The number of rotatable bonds is 4. The third-order valence-corrected chi connectivity index (χ3v) is 9.34. The van der Waals surface area contributed by atoms with E-state index >= 15 is 0 Å². The Hall–Kier alpha value is 0.593. The molecular weight excluding hydrogens is 339 g/mol. The van der Waals surface area contributed by atoms with Crippen molar-refractivity contribution < 1.29 is 4.79 Å². The number of benzene rings is 1. The molecule has 1 unspecified atom stereocenters. The number of halogens is 4. The Bertz CT molecular complexity index is 336. The van der Waals surface area contributed by atoms with Crippen LogP contribution in [-0.2, 0) is 11.2 Å². The number of hydrogen-bond donors (Lipinski definition) is 0. The summed E-state index contributed by atoms with van der Waals surface area (Å²) in [5.74, 6) is 0. The fraction of sp³-hybridized carbons (Fsp3) is 0.222. The molecule has 0 fully saturated rings. The summed E-state index contributed by atoms with van der Waals surface area (Å²) in [5.41, 5.74) is 0.952. The van der Waals surface area contributed by atoms with Gasteiger partial charge in [0, 0.05) is 0 Å². The predicted molar refractivity (Wildman–Crippen MR) is 68.1 cm³/mol. The maximum absolute atomic E-state index is 11.2. The molecule has 6 heteroatoms. The van der Waals surface area contributed by atoms with E-state index in [1.54, 1.807) is 0 Å². The van der Waals surface area contributed by atoms with Crippen molar-refractivity contribution >= 4 is 57.4 Å². The molecule has 1 rings (SSSR count). The third-order valence-electron chi connectivity index (χ3n) is 1.95. The van der Waals surface area contributed by atoms with Gasteiger partial charge in [0.05, 0.1) is 0 Å². The summed E-state index contributed by atoms with van der Waals surface area (Å²) < 4.78 is -0.640. The van der Waals surface area contributed by atoms with Gasteiger partial charge in [0.2, 0.25) is 0 Å². The van der Waals surface area contributed by atoms with Crippen LogP contribution in [0.1, 0.15) is 5.56 Å². The molecule has 0 aromatic heterocycles. The summed E-state index contributed by atoms with van der Waals surface area (Å²) in [5, 5.41) is -0.557. The van der Waals surface area contributed by atoms with Gasteiger partial charge in [0.25, 0.3) is 0 Å². The Labute approximate surface area is 109 Å². The van der Waals surface area contributed by atoms with Gasteiger partial charge in [0.15, 0.2) is 0 Å². The molecule has 0 bridgehead atoms. The molecule has 0 N–H and O–H groups in total. The molecular formula is C9H8Cl4GeO. The normalized spacial score (nSPS) is 13.6. The molecule has 82 valence electrons. The fourth-order valence-corrected chi connectivity index (χ4v) is 7.24. The van der Waals surface area contributed by atoms with Gasteiger partial charge in [-0.1, -0.05) is 0 Å². The fourth-order valence-electron chi connectivity index (χ4n) is 1.17. The topological polar surface area (TPSA) is 17.1 Å². The van der Waals surface area contributed by atoms with Gasteiger partial charge in [-0.15, -0.1) is 0 Å². The summed E-state index contributed by atoms with van der Waals surface area (Å²) in [6.45, 7) is 0. The van der Waals surface area contributed by atoms with Crippen LogP contribution in [0.25, 0.3) is 0 Å². The zero-order chi connectivity index (χ0) is 11.5. The molecule has 0 heterocycles. The predicted octanol–water partition coefficient (Wildman–Crippen LogP) is 4.02. The molecule has 0 aliphatic heterocycles. The summed E-state index contributed by atoms with van der Waals surface area (Å²) >= 11 is 5.43. The summed E-state index contributed by atoms with van der Waals surface area (Å²) in [7, 11) is 14.0. The van der Waals surface area contributed by atoms with Crippen LogP contribution in [0, 0.1) is 0 Å². The second-order valence-corrected chi connectivity index (χ2v) is 19.5. The Balaban J connectivity index is 2.82. The molecule has 1 aromatic carbocycles. The van der Waals surface area contributed by atoms with Crippen LogP contribution < -0.4 is 0 Å². The molecule has 0 saturated carbocycles. The van der Waals surface area contributed by atoms with E-state index in [0.717, 1.165) is 5.56 Å². The van der Waals surface area contributed by atoms with Crippen molar-refractivity contribution in [3.05, 3.63) is 35.9 Å². The van der Waals surface area contributed by atoms with E-state index in [0.29, 0.717) is 6.42 Å². The Morgan fingerprint density at radius 1 is 1.20 bits per heavy atom. The molecule has 0 saturated heterocycles.